The molecule has 0 amide bonds. The molecule has 0 bridgehead atoms. The van der Waals surface area contributed by atoms with E-state index in [-0.39, 0.29) is 11.3 Å². The Morgan fingerprint density at radius 2 is 0.886 bits per heavy atom. The zero-order valence-corrected chi connectivity index (χ0v) is 28.7. The van der Waals surface area contributed by atoms with Gasteiger partial charge in [-0.1, -0.05) is 185 Å². The first-order valence-corrected chi connectivity index (χ1v) is 18.8. The number of para-hydroxylation sites is 2. The zero-order chi connectivity index (χ0) is 31.5. The van der Waals surface area contributed by atoms with E-state index < -0.39 is 5.97 Å². The summed E-state index contributed by atoms with van der Waals surface area (Å²) in [5.41, 5.74) is 2.18. The van der Waals surface area contributed by atoms with Crippen molar-refractivity contribution in [2.75, 3.05) is 0 Å². The molecule has 3 heteroatoms. The second kappa shape index (κ2) is 26.0. The van der Waals surface area contributed by atoms with Gasteiger partial charge < -0.3 is 9.84 Å². The van der Waals surface area contributed by atoms with Gasteiger partial charge in [0.25, 0.3) is 0 Å². The molecule has 0 atom stereocenters. The first-order chi connectivity index (χ1) is 21.7. The predicted octanol–water partition coefficient (Wildman–Crippen LogP) is 13.1. The van der Waals surface area contributed by atoms with Crippen LogP contribution in [0.4, 0.5) is 0 Å². The number of unbranched alkanes of at least 4 members (excludes halogenated alkanes) is 22. The van der Waals surface area contributed by atoms with Gasteiger partial charge in [-0.3, -0.25) is 0 Å². The average Bonchev–Trinajstić information content (AvgIpc) is 3.03. The van der Waals surface area contributed by atoms with Crippen LogP contribution in [0.1, 0.15) is 189 Å². The summed E-state index contributed by atoms with van der Waals surface area (Å²) in [5, 5.41) is 10.9. The highest BCUT2D eigenvalue weighted by molar-refractivity contribution is 5.94. The summed E-state index contributed by atoms with van der Waals surface area (Å²) in [6, 6.07) is 13.3. The number of esters is 1. The molecule has 0 aliphatic rings. The van der Waals surface area contributed by atoms with E-state index in [0.29, 0.717) is 5.75 Å². The summed E-state index contributed by atoms with van der Waals surface area (Å²) in [4.78, 5) is 13.1. The number of hydrogen-bond acceptors (Lipinski definition) is 3. The number of carbonyl (C=O) groups is 1. The number of phenols is 1. The molecule has 0 fully saturated rings. The summed E-state index contributed by atoms with van der Waals surface area (Å²) >= 11 is 0. The van der Waals surface area contributed by atoms with Gasteiger partial charge in [-0.15, -0.1) is 0 Å². The average molecular weight is 607 g/mol. The van der Waals surface area contributed by atoms with Crippen molar-refractivity contribution in [3.05, 3.63) is 59.2 Å². The van der Waals surface area contributed by atoms with Crippen LogP contribution in [0.15, 0.2) is 42.5 Å². The van der Waals surface area contributed by atoms with Crippen molar-refractivity contribution in [2.45, 2.75) is 181 Å². The van der Waals surface area contributed by atoms with Crippen molar-refractivity contribution < 1.29 is 14.6 Å². The third-order valence-electron chi connectivity index (χ3n) is 9.11. The first-order valence-electron chi connectivity index (χ1n) is 18.8. The lowest BCUT2D eigenvalue weighted by molar-refractivity contribution is 0.0729. The fourth-order valence-electron chi connectivity index (χ4n) is 6.24. The van der Waals surface area contributed by atoms with Gasteiger partial charge in [-0.05, 0) is 48.9 Å². The SMILES string of the molecule is CCCCCCCCCCCCCCCCc1cccc(C(=O)Oc2ccccc2CCCCCCCCCCCC)c1O. The van der Waals surface area contributed by atoms with E-state index in [2.05, 4.69) is 19.9 Å². The Morgan fingerprint density at radius 1 is 0.500 bits per heavy atom. The van der Waals surface area contributed by atoms with E-state index in [1.807, 2.05) is 30.3 Å². The molecule has 0 aromatic heterocycles. The van der Waals surface area contributed by atoms with Crippen LogP contribution in [0.2, 0.25) is 0 Å². The van der Waals surface area contributed by atoms with Crippen molar-refractivity contribution in [2.24, 2.45) is 0 Å². The molecule has 0 saturated carbocycles. The van der Waals surface area contributed by atoms with E-state index in [4.69, 9.17) is 4.74 Å². The Morgan fingerprint density at radius 3 is 1.36 bits per heavy atom. The molecule has 2 aromatic carbocycles. The molecular weight excluding hydrogens is 540 g/mol. The minimum absolute atomic E-state index is 0.0827. The number of ether oxygens (including phenoxy) is 1. The van der Waals surface area contributed by atoms with E-state index in [9.17, 15) is 9.90 Å². The topological polar surface area (TPSA) is 46.5 Å². The standard InChI is InChI=1S/C41H66O3/c1-3-5-7-9-11-13-15-16-17-18-20-22-24-26-32-37-33-29-34-38(40(37)42)41(43)44-39-35-28-27-31-36(39)30-25-23-21-19-14-12-10-8-6-4-2/h27-29,31,33-35,42H,3-26,30,32H2,1-2H3. The van der Waals surface area contributed by atoms with E-state index in [1.54, 1.807) is 6.07 Å². The van der Waals surface area contributed by atoms with Crippen LogP contribution in [0.3, 0.4) is 0 Å². The number of benzene rings is 2. The van der Waals surface area contributed by atoms with Crippen LogP contribution < -0.4 is 4.74 Å². The van der Waals surface area contributed by atoms with Crippen LogP contribution >= 0.6 is 0 Å². The van der Waals surface area contributed by atoms with Gasteiger partial charge in [-0.2, -0.15) is 0 Å². The van der Waals surface area contributed by atoms with Gasteiger partial charge in [0.15, 0.2) is 0 Å². The highest BCUT2D eigenvalue weighted by atomic mass is 16.5. The molecule has 44 heavy (non-hydrogen) atoms. The Hall–Kier alpha value is -2.29. The van der Waals surface area contributed by atoms with Crippen molar-refractivity contribution in [1.29, 1.82) is 0 Å². The molecule has 1 N–H and O–H groups in total. The third kappa shape index (κ3) is 17.3. The largest absolute Gasteiger partial charge is 0.507 e. The Balaban J connectivity index is 1.64. The summed E-state index contributed by atoms with van der Waals surface area (Å²) in [6.07, 6.45) is 33.4. The number of hydrogen-bond donors (Lipinski definition) is 1. The van der Waals surface area contributed by atoms with Gasteiger partial charge in [0.1, 0.15) is 17.1 Å². The molecule has 0 saturated heterocycles. The van der Waals surface area contributed by atoms with Gasteiger partial charge in [-0.25, -0.2) is 4.79 Å². The van der Waals surface area contributed by atoms with Crippen molar-refractivity contribution in [3.63, 3.8) is 0 Å². The van der Waals surface area contributed by atoms with E-state index in [1.165, 1.54) is 135 Å². The van der Waals surface area contributed by atoms with E-state index >= 15 is 0 Å². The van der Waals surface area contributed by atoms with Crippen LogP contribution in [0.5, 0.6) is 11.5 Å². The Bertz CT molecular complexity index is 982. The van der Waals surface area contributed by atoms with Crippen LogP contribution in [0, 0.1) is 0 Å². The monoisotopic (exact) mass is 607 g/mol. The highest BCUT2D eigenvalue weighted by Gasteiger charge is 2.17. The smallest absolute Gasteiger partial charge is 0.347 e. The number of aromatic hydroxyl groups is 1. The van der Waals surface area contributed by atoms with Gasteiger partial charge in [0, 0.05) is 0 Å². The molecule has 2 rings (SSSR count). The minimum Gasteiger partial charge on any atom is -0.507 e. The van der Waals surface area contributed by atoms with Crippen molar-refractivity contribution in [3.8, 4) is 11.5 Å². The maximum Gasteiger partial charge on any atom is 0.347 e. The number of aryl methyl sites for hydroxylation is 2. The fourth-order valence-corrected chi connectivity index (χ4v) is 6.24. The summed E-state index contributed by atoms with van der Waals surface area (Å²) in [7, 11) is 0. The maximum atomic E-state index is 13.1. The zero-order valence-electron chi connectivity index (χ0n) is 28.7. The summed E-state index contributed by atoms with van der Waals surface area (Å²) in [6.45, 7) is 4.55. The normalized spacial score (nSPS) is 11.2. The van der Waals surface area contributed by atoms with Gasteiger partial charge in [0.05, 0.1) is 0 Å². The molecule has 3 nitrogen and oxygen atoms in total. The Labute approximate surface area is 271 Å². The van der Waals surface area contributed by atoms with Crippen molar-refractivity contribution in [1.82, 2.24) is 0 Å². The molecular formula is C41H66O3. The number of carbonyl (C=O) groups excluding carboxylic acids is 1. The molecule has 0 unspecified atom stereocenters. The number of rotatable bonds is 28. The van der Waals surface area contributed by atoms with Gasteiger partial charge in [0.2, 0.25) is 0 Å². The quantitative estimate of drug-likeness (QED) is 0.0595. The minimum atomic E-state index is -0.471. The molecule has 0 radical (unpaired) electrons. The molecule has 2 aromatic rings. The fraction of sp³-hybridized carbons (Fsp3) is 0.683. The molecule has 0 heterocycles. The maximum absolute atomic E-state index is 13.1. The van der Waals surface area contributed by atoms with Crippen LogP contribution in [-0.4, -0.2) is 11.1 Å². The Kier molecular flexibility index (Phi) is 22.4. The second-order valence-electron chi connectivity index (χ2n) is 13.1. The lowest BCUT2D eigenvalue weighted by Crippen LogP contribution is -2.11. The molecule has 248 valence electrons. The van der Waals surface area contributed by atoms with Crippen LogP contribution in [-0.2, 0) is 12.8 Å². The molecule has 0 aliphatic carbocycles. The molecule has 0 aliphatic heterocycles. The van der Waals surface area contributed by atoms with Crippen LogP contribution in [0.25, 0.3) is 0 Å². The molecule has 0 spiro atoms. The second-order valence-corrected chi connectivity index (χ2v) is 13.1. The van der Waals surface area contributed by atoms with E-state index in [0.717, 1.165) is 43.2 Å². The predicted molar refractivity (Wildman–Crippen MR) is 189 cm³/mol. The third-order valence-corrected chi connectivity index (χ3v) is 9.11. The summed E-state index contributed by atoms with van der Waals surface area (Å²) in [5.74, 6) is 0.227. The summed E-state index contributed by atoms with van der Waals surface area (Å²) < 4.78 is 5.84. The number of phenolic OH excluding ortho intramolecular Hbond substituents is 1. The van der Waals surface area contributed by atoms with Crippen molar-refractivity contribution >= 4 is 5.97 Å². The first kappa shape index (κ1) is 37.9. The lowest BCUT2D eigenvalue weighted by Gasteiger charge is -2.12. The highest BCUT2D eigenvalue weighted by Crippen LogP contribution is 2.28. The lowest BCUT2D eigenvalue weighted by atomic mass is 10.0. The van der Waals surface area contributed by atoms with Gasteiger partial charge >= 0.3 is 5.97 Å².